The van der Waals surface area contributed by atoms with Crippen molar-refractivity contribution < 1.29 is 18.0 Å². The lowest BCUT2D eigenvalue weighted by Gasteiger charge is -2.33. The normalized spacial score (nSPS) is 16.5. The molecule has 3 heterocycles. The minimum atomic E-state index is -1.60. The Hall–Kier alpha value is -2.75. The van der Waals surface area contributed by atoms with Crippen molar-refractivity contribution in [1.82, 2.24) is 24.6 Å². The SMILES string of the molecule is Cc1nc(-c2nnc3n2CCN(C(=O)c2cc(F)c(F)c(F)c2)[C@@H]3C)cs1. The van der Waals surface area contributed by atoms with Crippen LogP contribution in [-0.2, 0) is 6.54 Å². The van der Waals surface area contributed by atoms with Gasteiger partial charge in [-0.3, -0.25) is 4.79 Å². The van der Waals surface area contributed by atoms with E-state index in [1.165, 1.54) is 16.2 Å². The lowest BCUT2D eigenvalue weighted by Crippen LogP contribution is -2.41. The number of aryl methyl sites for hydroxylation is 1. The molecule has 0 radical (unpaired) electrons. The fourth-order valence-electron chi connectivity index (χ4n) is 3.16. The van der Waals surface area contributed by atoms with Crippen molar-refractivity contribution in [3.05, 3.63) is 51.4 Å². The summed E-state index contributed by atoms with van der Waals surface area (Å²) in [7, 11) is 0. The predicted octanol–water partition coefficient (Wildman–Crippen LogP) is 3.34. The van der Waals surface area contributed by atoms with E-state index < -0.39 is 29.4 Å². The van der Waals surface area contributed by atoms with Gasteiger partial charge in [-0.25, -0.2) is 18.2 Å². The molecule has 1 amide bonds. The molecule has 0 spiro atoms. The highest BCUT2D eigenvalue weighted by Crippen LogP contribution is 2.30. The molecule has 3 aromatic rings. The maximum absolute atomic E-state index is 13.5. The third kappa shape index (κ3) is 2.89. The molecule has 27 heavy (non-hydrogen) atoms. The van der Waals surface area contributed by atoms with Crippen LogP contribution in [0.5, 0.6) is 0 Å². The van der Waals surface area contributed by atoms with Crippen LogP contribution in [-0.4, -0.2) is 37.1 Å². The van der Waals surface area contributed by atoms with Gasteiger partial charge in [0.25, 0.3) is 5.91 Å². The molecule has 1 atom stereocenters. The highest BCUT2D eigenvalue weighted by atomic mass is 32.1. The number of thiazole rings is 1. The minimum Gasteiger partial charge on any atom is -0.327 e. The lowest BCUT2D eigenvalue weighted by atomic mass is 10.1. The summed E-state index contributed by atoms with van der Waals surface area (Å²) in [5.74, 6) is -3.81. The molecule has 0 unspecified atom stereocenters. The fourth-order valence-corrected chi connectivity index (χ4v) is 3.75. The van der Waals surface area contributed by atoms with Crippen LogP contribution in [0.25, 0.3) is 11.5 Å². The quantitative estimate of drug-likeness (QED) is 0.627. The van der Waals surface area contributed by atoms with E-state index in [0.29, 0.717) is 42.6 Å². The Morgan fingerprint density at radius 1 is 1.19 bits per heavy atom. The number of carbonyl (C=O) groups is 1. The second kappa shape index (κ2) is 6.45. The molecule has 0 bridgehead atoms. The Bertz CT molecular complexity index is 1020. The molecule has 0 aliphatic carbocycles. The molecular formula is C17H14F3N5OS. The van der Waals surface area contributed by atoms with Gasteiger partial charge >= 0.3 is 0 Å². The summed E-state index contributed by atoms with van der Waals surface area (Å²) < 4.78 is 42.0. The van der Waals surface area contributed by atoms with Gasteiger partial charge in [0.2, 0.25) is 0 Å². The maximum atomic E-state index is 13.5. The standard InChI is InChI=1S/C17H14F3N5OS/c1-8-15-22-23-16(13-7-27-9(2)21-13)25(15)4-3-24(8)17(26)10-5-11(18)14(20)12(19)6-10/h5-8H,3-4H2,1-2H3/t8-/m1/s1. The van der Waals surface area contributed by atoms with E-state index in [-0.39, 0.29) is 5.56 Å². The zero-order chi connectivity index (χ0) is 19.3. The lowest BCUT2D eigenvalue weighted by molar-refractivity contribution is 0.0637. The third-order valence-electron chi connectivity index (χ3n) is 4.52. The summed E-state index contributed by atoms with van der Waals surface area (Å²) in [6, 6.07) is 0.940. The van der Waals surface area contributed by atoms with Gasteiger partial charge in [-0.15, -0.1) is 21.5 Å². The summed E-state index contributed by atoms with van der Waals surface area (Å²) in [4.78, 5) is 18.6. The van der Waals surface area contributed by atoms with Crippen molar-refractivity contribution in [1.29, 1.82) is 0 Å². The van der Waals surface area contributed by atoms with Crippen LogP contribution in [0.2, 0.25) is 0 Å². The molecule has 1 aliphatic rings. The molecule has 10 heteroatoms. The summed E-state index contributed by atoms with van der Waals surface area (Å²) in [6.07, 6.45) is 0. The first-order valence-corrected chi connectivity index (χ1v) is 9.06. The van der Waals surface area contributed by atoms with Gasteiger partial charge in [-0.1, -0.05) is 0 Å². The Kier molecular flexibility index (Phi) is 4.22. The van der Waals surface area contributed by atoms with Crippen molar-refractivity contribution in [2.24, 2.45) is 0 Å². The van der Waals surface area contributed by atoms with E-state index >= 15 is 0 Å². The second-order valence-electron chi connectivity index (χ2n) is 6.21. The smallest absolute Gasteiger partial charge is 0.254 e. The van der Waals surface area contributed by atoms with Gasteiger partial charge in [0.15, 0.2) is 29.1 Å². The van der Waals surface area contributed by atoms with Crippen LogP contribution in [0.4, 0.5) is 13.2 Å². The molecular weight excluding hydrogens is 379 g/mol. The fraction of sp³-hybridized carbons (Fsp3) is 0.294. The number of rotatable bonds is 2. The topological polar surface area (TPSA) is 63.9 Å². The van der Waals surface area contributed by atoms with Crippen LogP contribution >= 0.6 is 11.3 Å². The largest absolute Gasteiger partial charge is 0.327 e. The van der Waals surface area contributed by atoms with E-state index in [0.717, 1.165) is 5.01 Å². The minimum absolute atomic E-state index is 0.249. The first kappa shape index (κ1) is 17.7. The van der Waals surface area contributed by atoms with Gasteiger partial charge in [0.05, 0.1) is 11.0 Å². The summed E-state index contributed by atoms with van der Waals surface area (Å²) >= 11 is 1.50. The first-order valence-electron chi connectivity index (χ1n) is 8.18. The highest BCUT2D eigenvalue weighted by Gasteiger charge is 2.33. The van der Waals surface area contributed by atoms with Crippen molar-refractivity contribution in [2.45, 2.75) is 26.4 Å². The number of nitrogens with zero attached hydrogens (tertiary/aromatic N) is 5. The number of hydrogen-bond donors (Lipinski definition) is 0. The number of benzene rings is 1. The third-order valence-corrected chi connectivity index (χ3v) is 5.30. The molecule has 1 aromatic carbocycles. The summed E-state index contributed by atoms with van der Waals surface area (Å²) in [5.41, 5.74) is 0.465. The Morgan fingerprint density at radius 2 is 1.89 bits per heavy atom. The molecule has 4 rings (SSSR count). The number of halogens is 3. The van der Waals surface area contributed by atoms with E-state index in [4.69, 9.17) is 0 Å². The number of amides is 1. The molecule has 140 valence electrons. The van der Waals surface area contributed by atoms with E-state index in [2.05, 4.69) is 15.2 Å². The maximum Gasteiger partial charge on any atom is 0.254 e. The molecule has 0 fully saturated rings. The van der Waals surface area contributed by atoms with Gasteiger partial charge < -0.3 is 9.47 Å². The van der Waals surface area contributed by atoms with Crippen molar-refractivity contribution in [3.8, 4) is 11.5 Å². The average Bonchev–Trinajstić information content (AvgIpc) is 3.25. The highest BCUT2D eigenvalue weighted by molar-refractivity contribution is 7.09. The van der Waals surface area contributed by atoms with Crippen LogP contribution in [0, 0.1) is 24.4 Å². The van der Waals surface area contributed by atoms with Crippen LogP contribution in [0.3, 0.4) is 0 Å². The van der Waals surface area contributed by atoms with Crippen molar-refractivity contribution >= 4 is 17.2 Å². The molecule has 0 N–H and O–H groups in total. The Balaban J connectivity index is 1.65. The number of fused-ring (bicyclic) bond motifs is 1. The molecule has 0 saturated heterocycles. The van der Waals surface area contributed by atoms with Crippen LogP contribution < -0.4 is 0 Å². The summed E-state index contributed by atoms with van der Waals surface area (Å²) in [6.45, 7) is 4.35. The van der Waals surface area contributed by atoms with E-state index in [9.17, 15) is 18.0 Å². The zero-order valence-corrected chi connectivity index (χ0v) is 15.2. The molecule has 2 aromatic heterocycles. The molecule has 1 aliphatic heterocycles. The van der Waals surface area contributed by atoms with Crippen LogP contribution in [0.1, 0.15) is 34.2 Å². The van der Waals surface area contributed by atoms with Crippen molar-refractivity contribution in [2.75, 3.05) is 6.54 Å². The van der Waals surface area contributed by atoms with Gasteiger partial charge in [0.1, 0.15) is 5.69 Å². The van der Waals surface area contributed by atoms with Gasteiger partial charge in [0, 0.05) is 24.0 Å². The zero-order valence-electron chi connectivity index (χ0n) is 14.4. The number of aromatic nitrogens is 4. The van der Waals surface area contributed by atoms with Crippen molar-refractivity contribution in [3.63, 3.8) is 0 Å². The molecule has 6 nitrogen and oxygen atoms in total. The van der Waals surface area contributed by atoms with E-state index in [1.54, 1.807) is 6.92 Å². The molecule has 0 saturated carbocycles. The van der Waals surface area contributed by atoms with Gasteiger partial charge in [-0.2, -0.15) is 0 Å². The first-order chi connectivity index (χ1) is 12.9. The predicted molar refractivity (Wildman–Crippen MR) is 91.6 cm³/mol. The summed E-state index contributed by atoms with van der Waals surface area (Å²) in [5, 5.41) is 11.2. The van der Waals surface area contributed by atoms with Gasteiger partial charge in [-0.05, 0) is 26.0 Å². The average molecular weight is 393 g/mol. The number of carbonyl (C=O) groups excluding carboxylic acids is 1. The second-order valence-corrected chi connectivity index (χ2v) is 7.28. The number of hydrogen-bond acceptors (Lipinski definition) is 5. The van der Waals surface area contributed by atoms with E-state index in [1.807, 2.05) is 16.9 Å². The Labute approximate surface area is 156 Å². The Morgan fingerprint density at radius 3 is 2.52 bits per heavy atom. The van der Waals surface area contributed by atoms with Crippen LogP contribution in [0.15, 0.2) is 17.5 Å². The monoisotopic (exact) mass is 393 g/mol.